The molecule has 0 saturated heterocycles. The molecule has 0 aliphatic carbocycles. The summed E-state index contributed by atoms with van der Waals surface area (Å²) in [5, 5.41) is 9.09. The molecule has 0 fully saturated rings. The van der Waals surface area contributed by atoms with E-state index < -0.39 is 11.4 Å². The lowest BCUT2D eigenvalue weighted by molar-refractivity contribution is 0.245. The van der Waals surface area contributed by atoms with Crippen molar-refractivity contribution in [2.45, 2.75) is 18.9 Å². The Morgan fingerprint density at radius 1 is 1.57 bits per heavy atom. The van der Waals surface area contributed by atoms with Crippen LogP contribution in [0.1, 0.15) is 18.9 Å². The fraction of sp³-hybridized carbons (Fsp3) is 0.400. The smallest absolute Gasteiger partial charge is 0.129 e. The molecule has 1 aromatic rings. The van der Waals surface area contributed by atoms with Crippen molar-refractivity contribution in [2.75, 3.05) is 6.61 Å². The van der Waals surface area contributed by atoms with Gasteiger partial charge >= 0.3 is 0 Å². The molecule has 3 N–H and O–H groups in total. The van der Waals surface area contributed by atoms with Gasteiger partial charge in [-0.2, -0.15) is 0 Å². The summed E-state index contributed by atoms with van der Waals surface area (Å²) in [5.41, 5.74) is 5.19. The predicted octanol–water partition coefficient (Wildman–Crippen LogP) is 2.04. The maximum atomic E-state index is 13.4. The van der Waals surface area contributed by atoms with Gasteiger partial charge in [0.2, 0.25) is 0 Å². The SMILES string of the molecule is C[C@](N)(CCO)c1c(F)cccc1Cl. The van der Waals surface area contributed by atoms with Gasteiger partial charge in [-0.05, 0) is 25.5 Å². The number of rotatable bonds is 3. The molecule has 0 unspecified atom stereocenters. The molecule has 0 saturated carbocycles. The van der Waals surface area contributed by atoms with E-state index in [-0.39, 0.29) is 18.6 Å². The maximum absolute atomic E-state index is 13.4. The van der Waals surface area contributed by atoms with E-state index in [2.05, 4.69) is 0 Å². The molecule has 0 heterocycles. The molecule has 14 heavy (non-hydrogen) atoms. The molecule has 0 aliphatic heterocycles. The Labute approximate surface area is 87.5 Å². The first kappa shape index (κ1) is 11.4. The molecule has 1 atom stereocenters. The average molecular weight is 218 g/mol. The Morgan fingerprint density at radius 3 is 2.71 bits per heavy atom. The molecule has 1 aromatic carbocycles. The number of hydrogen-bond acceptors (Lipinski definition) is 2. The van der Waals surface area contributed by atoms with Gasteiger partial charge in [0.05, 0.1) is 0 Å². The quantitative estimate of drug-likeness (QED) is 0.814. The van der Waals surface area contributed by atoms with Gasteiger partial charge in [-0.3, -0.25) is 0 Å². The van der Waals surface area contributed by atoms with Crippen LogP contribution in [0.5, 0.6) is 0 Å². The van der Waals surface area contributed by atoms with E-state index in [1.165, 1.54) is 12.1 Å². The molecule has 0 bridgehead atoms. The fourth-order valence-electron chi connectivity index (χ4n) is 1.40. The van der Waals surface area contributed by atoms with Gasteiger partial charge in [0.25, 0.3) is 0 Å². The van der Waals surface area contributed by atoms with Crippen molar-refractivity contribution in [3.05, 3.63) is 34.6 Å². The highest BCUT2D eigenvalue weighted by molar-refractivity contribution is 6.31. The van der Waals surface area contributed by atoms with Crippen molar-refractivity contribution in [1.82, 2.24) is 0 Å². The molecule has 4 heteroatoms. The van der Waals surface area contributed by atoms with Crippen LogP contribution in [0, 0.1) is 5.82 Å². The van der Waals surface area contributed by atoms with Crippen LogP contribution in [0.25, 0.3) is 0 Å². The van der Waals surface area contributed by atoms with Crippen molar-refractivity contribution in [1.29, 1.82) is 0 Å². The predicted molar refractivity (Wildman–Crippen MR) is 54.7 cm³/mol. The van der Waals surface area contributed by atoms with Gasteiger partial charge in [0.15, 0.2) is 0 Å². The van der Waals surface area contributed by atoms with Crippen LogP contribution in [-0.2, 0) is 5.54 Å². The largest absolute Gasteiger partial charge is 0.396 e. The minimum absolute atomic E-state index is 0.0995. The van der Waals surface area contributed by atoms with Crippen molar-refractivity contribution >= 4 is 11.6 Å². The normalized spacial score (nSPS) is 15.2. The highest BCUT2D eigenvalue weighted by atomic mass is 35.5. The zero-order valence-corrected chi connectivity index (χ0v) is 8.68. The molecule has 0 amide bonds. The number of benzene rings is 1. The molecule has 1 rings (SSSR count). The second-order valence-corrected chi connectivity index (χ2v) is 3.89. The van der Waals surface area contributed by atoms with E-state index in [9.17, 15) is 4.39 Å². The molecule has 2 nitrogen and oxygen atoms in total. The monoisotopic (exact) mass is 217 g/mol. The lowest BCUT2D eigenvalue weighted by Gasteiger charge is -2.25. The molecule has 0 radical (unpaired) electrons. The summed E-state index contributed by atoms with van der Waals surface area (Å²) < 4.78 is 13.4. The van der Waals surface area contributed by atoms with Gasteiger partial charge in [-0.15, -0.1) is 0 Å². The van der Waals surface area contributed by atoms with Crippen LogP contribution in [0.4, 0.5) is 4.39 Å². The van der Waals surface area contributed by atoms with Crippen LogP contribution in [0.2, 0.25) is 5.02 Å². The van der Waals surface area contributed by atoms with Crippen molar-refractivity contribution in [3.63, 3.8) is 0 Å². The first-order valence-electron chi connectivity index (χ1n) is 4.33. The number of aliphatic hydroxyl groups is 1. The fourth-order valence-corrected chi connectivity index (χ4v) is 1.78. The van der Waals surface area contributed by atoms with Gasteiger partial charge in [0.1, 0.15) is 5.82 Å². The summed E-state index contributed by atoms with van der Waals surface area (Å²) in [6.07, 6.45) is 0.271. The molecular formula is C10H13ClFNO. The van der Waals surface area contributed by atoms with E-state index in [0.717, 1.165) is 0 Å². The minimum atomic E-state index is -0.933. The Bertz CT molecular complexity index is 308. The third-order valence-electron chi connectivity index (χ3n) is 2.17. The van der Waals surface area contributed by atoms with Crippen LogP contribution < -0.4 is 5.73 Å². The topological polar surface area (TPSA) is 46.2 Å². The Balaban J connectivity index is 3.17. The summed E-state index contributed by atoms with van der Waals surface area (Å²) in [4.78, 5) is 0. The second-order valence-electron chi connectivity index (χ2n) is 3.49. The number of hydrogen-bond donors (Lipinski definition) is 2. The standard InChI is InChI=1S/C10H13ClFNO/c1-10(13,5-6-14)9-7(11)3-2-4-8(9)12/h2-4,14H,5-6,13H2,1H3/t10-/m0/s1. The van der Waals surface area contributed by atoms with Crippen molar-refractivity contribution in [2.24, 2.45) is 5.73 Å². The van der Waals surface area contributed by atoms with Gasteiger partial charge < -0.3 is 10.8 Å². The summed E-state index contributed by atoms with van der Waals surface area (Å²) in [5.74, 6) is -0.434. The zero-order valence-electron chi connectivity index (χ0n) is 7.93. The van der Waals surface area contributed by atoms with E-state index in [4.69, 9.17) is 22.4 Å². The Morgan fingerprint density at radius 2 is 2.21 bits per heavy atom. The highest BCUT2D eigenvalue weighted by Crippen LogP contribution is 2.30. The molecule has 78 valence electrons. The summed E-state index contributed by atoms with van der Waals surface area (Å²) in [7, 11) is 0. The summed E-state index contributed by atoms with van der Waals surface area (Å²) >= 11 is 5.85. The molecular weight excluding hydrogens is 205 g/mol. The summed E-state index contributed by atoms with van der Waals surface area (Å²) in [6.45, 7) is 1.55. The van der Waals surface area contributed by atoms with Gasteiger partial charge in [-0.1, -0.05) is 17.7 Å². The lowest BCUT2D eigenvalue weighted by Crippen LogP contribution is -2.35. The van der Waals surface area contributed by atoms with Crippen LogP contribution in [0.15, 0.2) is 18.2 Å². The van der Waals surface area contributed by atoms with E-state index >= 15 is 0 Å². The highest BCUT2D eigenvalue weighted by Gasteiger charge is 2.26. The van der Waals surface area contributed by atoms with Gasteiger partial charge in [0, 0.05) is 22.7 Å². The number of aliphatic hydroxyl groups excluding tert-OH is 1. The number of nitrogens with two attached hydrogens (primary N) is 1. The average Bonchev–Trinajstić information content (AvgIpc) is 2.02. The molecule has 0 aliphatic rings. The van der Waals surface area contributed by atoms with Crippen LogP contribution in [0.3, 0.4) is 0 Å². The molecule has 0 aromatic heterocycles. The summed E-state index contributed by atoms with van der Waals surface area (Å²) in [6, 6.07) is 4.42. The first-order chi connectivity index (χ1) is 6.49. The van der Waals surface area contributed by atoms with E-state index in [1.54, 1.807) is 13.0 Å². The van der Waals surface area contributed by atoms with Crippen molar-refractivity contribution < 1.29 is 9.50 Å². The maximum Gasteiger partial charge on any atom is 0.129 e. The minimum Gasteiger partial charge on any atom is -0.396 e. The van der Waals surface area contributed by atoms with Gasteiger partial charge in [-0.25, -0.2) is 4.39 Å². The number of halogens is 2. The third kappa shape index (κ3) is 2.23. The zero-order chi connectivity index (χ0) is 10.8. The van der Waals surface area contributed by atoms with E-state index in [1.807, 2.05) is 0 Å². The van der Waals surface area contributed by atoms with E-state index in [0.29, 0.717) is 5.02 Å². The van der Waals surface area contributed by atoms with Crippen molar-refractivity contribution in [3.8, 4) is 0 Å². The second kappa shape index (κ2) is 4.26. The Hall–Kier alpha value is -0.640. The van der Waals surface area contributed by atoms with Crippen LogP contribution >= 0.6 is 11.6 Å². The Kier molecular flexibility index (Phi) is 3.48. The molecule has 0 spiro atoms. The lowest BCUT2D eigenvalue weighted by atomic mass is 9.89. The van der Waals surface area contributed by atoms with Crippen LogP contribution in [-0.4, -0.2) is 11.7 Å². The third-order valence-corrected chi connectivity index (χ3v) is 2.48. The first-order valence-corrected chi connectivity index (χ1v) is 4.71.